The molecule has 1 aliphatic heterocycles. The highest BCUT2D eigenvalue weighted by Gasteiger charge is 2.13. The van der Waals surface area contributed by atoms with E-state index in [1.54, 1.807) is 11.8 Å². The number of fused-ring (bicyclic) bond motifs is 1. The molecule has 0 amide bonds. The zero-order valence-electron chi connectivity index (χ0n) is 9.60. The number of aryl methyl sites for hydroxylation is 1. The Morgan fingerprint density at radius 2 is 1.76 bits per heavy atom. The van der Waals surface area contributed by atoms with Crippen LogP contribution in [0.3, 0.4) is 0 Å². The summed E-state index contributed by atoms with van der Waals surface area (Å²) in [6.07, 6.45) is 0. The van der Waals surface area contributed by atoms with Crippen LogP contribution < -0.4 is 5.32 Å². The van der Waals surface area contributed by atoms with Crippen LogP contribution in [-0.4, -0.2) is 0 Å². The summed E-state index contributed by atoms with van der Waals surface area (Å²) in [5.74, 6) is 0. The van der Waals surface area contributed by atoms with E-state index in [2.05, 4.69) is 60.1 Å². The van der Waals surface area contributed by atoms with E-state index >= 15 is 0 Å². The van der Waals surface area contributed by atoms with Crippen LogP contribution in [0.4, 0.5) is 5.69 Å². The number of benzene rings is 2. The van der Waals surface area contributed by atoms with E-state index in [1.165, 1.54) is 27.4 Å². The summed E-state index contributed by atoms with van der Waals surface area (Å²) in [6, 6.07) is 16.8. The molecule has 84 valence electrons. The van der Waals surface area contributed by atoms with Crippen molar-refractivity contribution in [3.05, 3.63) is 65.1 Å². The molecule has 0 bridgehead atoms. The minimum absolute atomic E-state index is 1.18. The smallest absolute Gasteiger partial charge is 0.0555 e. The molecule has 0 unspecified atom stereocenters. The minimum atomic E-state index is 1.18. The van der Waals surface area contributed by atoms with Gasteiger partial charge in [-0.25, -0.2) is 0 Å². The predicted molar refractivity (Wildman–Crippen MR) is 75.1 cm³/mol. The quantitative estimate of drug-likeness (QED) is 0.785. The van der Waals surface area contributed by atoms with E-state index in [9.17, 15) is 0 Å². The molecule has 0 fully saturated rings. The van der Waals surface area contributed by atoms with Gasteiger partial charge in [-0.15, -0.1) is 0 Å². The van der Waals surface area contributed by atoms with Gasteiger partial charge in [0.1, 0.15) is 0 Å². The maximum Gasteiger partial charge on any atom is 0.0555 e. The molecule has 2 heteroatoms. The van der Waals surface area contributed by atoms with Crippen LogP contribution in [0.5, 0.6) is 0 Å². The molecular weight excluding hydrogens is 226 g/mol. The number of para-hydroxylation sites is 1. The topological polar surface area (TPSA) is 12.0 Å². The van der Waals surface area contributed by atoms with Gasteiger partial charge >= 0.3 is 0 Å². The molecule has 0 spiro atoms. The van der Waals surface area contributed by atoms with E-state index in [1.807, 2.05) is 6.07 Å². The Morgan fingerprint density at radius 3 is 2.59 bits per heavy atom. The van der Waals surface area contributed by atoms with Crippen molar-refractivity contribution in [1.82, 2.24) is 0 Å². The van der Waals surface area contributed by atoms with Gasteiger partial charge in [0.2, 0.25) is 0 Å². The minimum Gasteiger partial charge on any atom is -0.353 e. The van der Waals surface area contributed by atoms with E-state index in [0.717, 1.165) is 0 Å². The molecular formula is C15H13NS. The first-order valence-corrected chi connectivity index (χ1v) is 6.51. The highest BCUT2D eigenvalue weighted by atomic mass is 32.2. The van der Waals surface area contributed by atoms with Gasteiger partial charge in [-0.2, -0.15) is 0 Å². The Kier molecular flexibility index (Phi) is 2.65. The van der Waals surface area contributed by atoms with Crippen LogP contribution in [0.2, 0.25) is 0 Å². The molecule has 1 aliphatic rings. The molecule has 0 aliphatic carbocycles. The number of thioether (sulfide) groups is 1. The lowest BCUT2D eigenvalue weighted by Gasteiger charge is -2.20. The SMILES string of the molecule is Cc1cccc2c1NC(c1ccccc1)=CS2. The second kappa shape index (κ2) is 4.30. The average Bonchev–Trinajstić information content (AvgIpc) is 2.40. The predicted octanol–water partition coefficient (Wildman–Crippen LogP) is 4.51. The lowest BCUT2D eigenvalue weighted by molar-refractivity contribution is 1.33. The van der Waals surface area contributed by atoms with E-state index in [4.69, 9.17) is 0 Å². The first kappa shape index (κ1) is 10.5. The largest absolute Gasteiger partial charge is 0.353 e. The van der Waals surface area contributed by atoms with Crippen molar-refractivity contribution in [2.45, 2.75) is 11.8 Å². The van der Waals surface area contributed by atoms with Crippen LogP contribution >= 0.6 is 11.8 Å². The zero-order valence-corrected chi connectivity index (χ0v) is 10.4. The third-order valence-electron chi connectivity index (χ3n) is 2.88. The summed E-state index contributed by atoms with van der Waals surface area (Å²) in [5.41, 5.74) is 4.93. The number of hydrogen-bond donors (Lipinski definition) is 1. The van der Waals surface area contributed by atoms with E-state index < -0.39 is 0 Å². The average molecular weight is 239 g/mol. The van der Waals surface area contributed by atoms with Gasteiger partial charge in [-0.05, 0) is 24.1 Å². The van der Waals surface area contributed by atoms with E-state index in [0.29, 0.717) is 0 Å². The number of rotatable bonds is 1. The van der Waals surface area contributed by atoms with Gasteiger partial charge in [0.15, 0.2) is 0 Å². The fourth-order valence-corrected chi connectivity index (χ4v) is 2.87. The van der Waals surface area contributed by atoms with Gasteiger partial charge < -0.3 is 5.32 Å². The van der Waals surface area contributed by atoms with Gasteiger partial charge in [-0.1, -0.05) is 54.2 Å². The number of anilines is 1. The highest BCUT2D eigenvalue weighted by molar-refractivity contribution is 8.02. The fraction of sp³-hybridized carbons (Fsp3) is 0.0667. The third kappa shape index (κ3) is 1.96. The lowest BCUT2D eigenvalue weighted by Crippen LogP contribution is -2.04. The molecule has 1 nitrogen and oxygen atoms in total. The molecule has 2 aromatic carbocycles. The second-order valence-corrected chi connectivity index (χ2v) is 5.00. The van der Waals surface area contributed by atoms with Crippen molar-refractivity contribution < 1.29 is 0 Å². The molecule has 17 heavy (non-hydrogen) atoms. The molecule has 0 radical (unpaired) electrons. The first-order valence-electron chi connectivity index (χ1n) is 5.63. The van der Waals surface area contributed by atoms with Gasteiger partial charge in [0.05, 0.1) is 11.4 Å². The van der Waals surface area contributed by atoms with Crippen LogP contribution in [0, 0.1) is 6.92 Å². The number of hydrogen-bond acceptors (Lipinski definition) is 2. The summed E-state index contributed by atoms with van der Waals surface area (Å²) < 4.78 is 0. The standard InChI is InChI=1S/C15H13NS/c1-11-6-5-9-14-15(11)16-13(10-17-14)12-7-3-2-4-8-12/h2-10,16H,1H3. The van der Waals surface area contributed by atoms with Crippen molar-refractivity contribution in [2.75, 3.05) is 5.32 Å². The van der Waals surface area contributed by atoms with Gasteiger partial charge in [0.25, 0.3) is 0 Å². The number of nitrogens with one attached hydrogen (secondary N) is 1. The summed E-state index contributed by atoms with van der Waals surface area (Å²) in [4.78, 5) is 1.30. The van der Waals surface area contributed by atoms with Crippen LogP contribution in [0.15, 0.2) is 58.8 Å². The molecule has 1 heterocycles. The van der Waals surface area contributed by atoms with Crippen molar-refractivity contribution in [2.24, 2.45) is 0 Å². The van der Waals surface area contributed by atoms with Crippen molar-refractivity contribution >= 4 is 23.1 Å². The Morgan fingerprint density at radius 1 is 0.941 bits per heavy atom. The van der Waals surface area contributed by atoms with Gasteiger partial charge in [-0.3, -0.25) is 0 Å². The summed E-state index contributed by atoms with van der Waals surface area (Å²) >= 11 is 1.78. The highest BCUT2D eigenvalue weighted by Crippen LogP contribution is 2.38. The second-order valence-electron chi connectivity index (χ2n) is 4.09. The van der Waals surface area contributed by atoms with E-state index in [-0.39, 0.29) is 0 Å². The molecule has 3 rings (SSSR count). The lowest BCUT2D eigenvalue weighted by atomic mass is 10.1. The summed E-state index contributed by atoms with van der Waals surface area (Å²) in [7, 11) is 0. The van der Waals surface area contributed by atoms with Crippen molar-refractivity contribution in [1.29, 1.82) is 0 Å². The molecule has 0 saturated carbocycles. The Labute approximate surface area is 106 Å². The van der Waals surface area contributed by atoms with Gasteiger partial charge in [0, 0.05) is 10.3 Å². The Hall–Kier alpha value is -1.67. The molecule has 1 N–H and O–H groups in total. The molecule has 0 aromatic heterocycles. The Balaban J connectivity index is 1.99. The van der Waals surface area contributed by atoms with Crippen LogP contribution in [-0.2, 0) is 0 Å². The molecule has 0 saturated heterocycles. The monoisotopic (exact) mass is 239 g/mol. The third-order valence-corrected chi connectivity index (χ3v) is 3.83. The maximum atomic E-state index is 3.52. The fourth-order valence-electron chi connectivity index (χ4n) is 1.94. The normalized spacial score (nSPS) is 13.6. The summed E-state index contributed by atoms with van der Waals surface area (Å²) in [5, 5.41) is 5.70. The van der Waals surface area contributed by atoms with Crippen molar-refractivity contribution in [3.8, 4) is 0 Å². The maximum absolute atomic E-state index is 3.52. The van der Waals surface area contributed by atoms with Crippen LogP contribution in [0.25, 0.3) is 5.70 Å². The van der Waals surface area contributed by atoms with Crippen LogP contribution in [0.1, 0.15) is 11.1 Å². The Bertz CT molecular complexity index is 573. The molecule has 2 aromatic rings. The zero-order chi connectivity index (χ0) is 11.7. The van der Waals surface area contributed by atoms with Crippen molar-refractivity contribution in [3.63, 3.8) is 0 Å². The molecule has 0 atom stereocenters. The first-order chi connectivity index (χ1) is 8.34. The summed E-state index contributed by atoms with van der Waals surface area (Å²) in [6.45, 7) is 2.14.